The number of hydrogen-bond donors (Lipinski definition) is 2. The van der Waals surface area contributed by atoms with E-state index in [2.05, 4.69) is 16.7 Å². The molecule has 0 spiro atoms. The minimum Gasteiger partial charge on any atom is -0.351 e. The van der Waals surface area contributed by atoms with Gasteiger partial charge in [0.2, 0.25) is 0 Å². The Balaban J connectivity index is 1.68. The smallest absolute Gasteiger partial charge is 0.251 e. The van der Waals surface area contributed by atoms with Gasteiger partial charge in [0, 0.05) is 23.9 Å². The van der Waals surface area contributed by atoms with E-state index in [1.807, 2.05) is 23.9 Å². The minimum absolute atomic E-state index is 0.103. The Kier molecular flexibility index (Phi) is 4.09. The third kappa shape index (κ3) is 2.95. The van der Waals surface area contributed by atoms with Crippen LogP contribution >= 0.6 is 11.8 Å². The number of fused-ring (bicyclic) bond motifs is 1. The van der Waals surface area contributed by atoms with Gasteiger partial charge in [0.05, 0.1) is 0 Å². The van der Waals surface area contributed by atoms with Crippen LogP contribution in [0.2, 0.25) is 0 Å². The maximum atomic E-state index is 12.3. The van der Waals surface area contributed by atoms with Gasteiger partial charge in [0.25, 0.3) is 5.91 Å². The first-order valence-electron chi connectivity index (χ1n) is 7.06. The molecule has 2 aliphatic rings. The molecular weight excluding hydrogens is 256 g/mol. The van der Waals surface area contributed by atoms with Crippen LogP contribution in [0.1, 0.15) is 34.3 Å². The van der Waals surface area contributed by atoms with Crippen molar-refractivity contribution in [2.45, 2.75) is 31.1 Å². The van der Waals surface area contributed by atoms with Crippen molar-refractivity contribution in [1.29, 1.82) is 0 Å². The summed E-state index contributed by atoms with van der Waals surface area (Å²) in [5.74, 6) is 1.35. The highest BCUT2D eigenvalue weighted by molar-refractivity contribution is 8.00. The maximum absolute atomic E-state index is 12.3. The zero-order valence-electron chi connectivity index (χ0n) is 11.1. The van der Waals surface area contributed by atoms with Gasteiger partial charge in [-0.3, -0.25) is 4.79 Å². The standard InChI is InChI=1S/C15H20N2OS/c18-15(17-10-12-4-2-8-19-12)14-5-1-3-11-9-16-7-6-13(11)14/h1,3,5,12,16H,2,4,6-10H2,(H,17,18). The summed E-state index contributed by atoms with van der Waals surface area (Å²) in [5.41, 5.74) is 3.38. The highest BCUT2D eigenvalue weighted by atomic mass is 32.2. The molecule has 19 heavy (non-hydrogen) atoms. The molecule has 3 nitrogen and oxygen atoms in total. The predicted octanol–water partition coefficient (Wildman–Crippen LogP) is 1.96. The second-order valence-corrected chi connectivity index (χ2v) is 6.62. The molecule has 3 rings (SSSR count). The molecule has 1 fully saturated rings. The Morgan fingerprint density at radius 1 is 1.47 bits per heavy atom. The number of hydrogen-bond acceptors (Lipinski definition) is 3. The van der Waals surface area contributed by atoms with Crippen molar-refractivity contribution in [2.75, 3.05) is 18.8 Å². The number of carbonyl (C=O) groups excluding carboxylic acids is 1. The van der Waals surface area contributed by atoms with Crippen molar-refractivity contribution in [3.8, 4) is 0 Å². The SMILES string of the molecule is O=C(NCC1CCCS1)c1cccc2c1CCNC2. The summed E-state index contributed by atoms with van der Waals surface area (Å²) in [6, 6.07) is 6.07. The molecule has 2 heterocycles. The summed E-state index contributed by atoms with van der Waals surface area (Å²) in [7, 11) is 0. The Morgan fingerprint density at radius 2 is 2.42 bits per heavy atom. The summed E-state index contributed by atoms with van der Waals surface area (Å²) < 4.78 is 0. The summed E-state index contributed by atoms with van der Waals surface area (Å²) >= 11 is 1.98. The third-order valence-corrected chi connectivity index (χ3v) is 5.30. The van der Waals surface area contributed by atoms with Crippen LogP contribution in [0.15, 0.2) is 18.2 Å². The Hall–Kier alpha value is -1.00. The molecule has 2 N–H and O–H groups in total. The molecule has 1 aromatic carbocycles. The van der Waals surface area contributed by atoms with Crippen LogP contribution < -0.4 is 10.6 Å². The lowest BCUT2D eigenvalue weighted by Crippen LogP contribution is -2.32. The van der Waals surface area contributed by atoms with Crippen LogP contribution in [-0.4, -0.2) is 30.0 Å². The molecule has 0 radical (unpaired) electrons. The number of carbonyl (C=O) groups is 1. The lowest BCUT2D eigenvalue weighted by molar-refractivity contribution is 0.0952. The number of nitrogens with one attached hydrogen (secondary N) is 2. The van der Waals surface area contributed by atoms with E-state index >= 15 is 0 Å². The lowest BCUT2D eigenvalue weighted by Gasteiger charge is -2.20. The lowest BCUT2D eigenvalue weighted by atomic mass is 9.95. The van der Waals surface area contributed by atoms with Crippen molar-refractivity contribution in [2.24, 2.45) is 0 Å². The quantitative estimate of drug-likeness (QED) is 0.887. The van der Waals surface area contributed by atoms with Crippen molar-refractivity contribution in [1.82, 2.24) is 10.6 Å². The zero-order valence-corrected chi connectivity index (χ0v) is 11.9. The first-order chi connectivity index (χ1) is 9.34. The van der Waals surface area contributed by atoms with Crippen LogP contribution in [0.25, 0.3) is 0 Å². The summed E-state index contributed by atoms with van der Waals surface area (Å²) in [6.07, 6.45) is 3.48. The highest BCUT2D eigenvalue weighted by Gasteiger charge is 2.19. The van der Waals surface area contributed by atoms with E-state index in [0.717, 1.165) is 31.6 Å². The molecular formula is C15H20N2OS. The second-order valence-electron chi connectivity index (χ2n) is 5.22. The summed E-state index contributed by atoms with van der Waals surface area (Å²) in [6.45, 7) is 2.66. The predicted molar refractivity (Wildman–Crippen MR) is 79.7 cm³/mol. The molecule has 0 bridgehead atoms. The fourth-order valence-corrected chi connectivity index (χ4v) is 4.05. The first-order valence-corrected chi connectivity index (χ1v) is 8.11. The molecule has 1 saturated heterocycles. The van der Waals surface area contributed by atoms with Gasteiger partial charge < -0.3 is 10.6 Å². The molecule has 1 amide bonds. The van der Waals surface area contributed by atoms with E-state index in [1.165, 1.54) is 29.7 Å². The van der Waals surface area contributed by atoms with Gasteiger partial charge in [-0.2, -0.15) is 11.8 Å². The molecule has 2 aliphatic heterocycles. The van der Waals surface area contributed by atoms with E-state index in [1.54, 1.807) is 0 Å². The van der Waals surface area contributed by atoms with Crippen LogP contribution in [0.3, 0.4) is 0 Å². The monoisotopic (exact) mass is 276 g/mol. The summed E-state index contributed by atoms with van der Waals surface area (Å²) in [4.78, 5) is 12.3. The van der Waals surface area contributed by atoms with Crippen LogP contribution in [0.4, 0.5) is 0 Å². The van der Waals surface area contributed by atoms with Gasteiger partial charge in [0.1, 0.15) is 0 Å². The average molecular weight is 276 g/mol. The van der Waals surface area contributed by atoms with Gasteiger partial charge in [-0.05, 0) is 48.8 Å². The number of thioether (sulfide) groups is 1. The fraction of sp³-hybridized carbons (Fsp3) is 0.533. The van der Waals surface area contributed by atoms with Gasteiger partial charge in [-0.15, -0.1) is 0 Å². The van der Waals surface area contributed by atoms with Crippen molar-refractivity contribution < 1.29 is 4.79 Å². The van der Waals surface area contributed by atoms with Gasteiger partial charge in [-0.1, -0.05) is 12.1 Å². The van der Waals surface area contributed by atoms with E-state index in [0.29, 0.717) is 5.25 Å². The number of amides is 1. The Morgan fingerprint density at radius 3 is 3.26 bits per heavy atom. The fourth-order valence-electron chi connectivity index (χ4n) is 2.85. The Labute approximate surface area is 118 Å². The molecule has 1 atom stereocenters. The molecule has 102 valence electrons. The van der Waals surface area contributed by atoms with Crippen LogP contribution in [0.5, 0.6) is 0 Å². The maximum Gasteiger partial charge on any atom is 0.251 e. The zero-order chi connectivity index (χ0) is 13.1. The van der Waals surface area contributed by atoms with Crippen LogP contribution in [-0.2, 0) is 13.0 Å². The topological polar surface area (TPSA) is 41.1 Å². The van der Waals surface area contributed by atoms with Gasteiger partial charge >= 0.3 is 0 Å². The number of rotatable bonds is 3. The van der Waals surface area contributed by atoms with E-state index in [4.69, 9.17) is 0 Å². The normalized spacial score (nSPS) is 22.0. The van der Waals surface area contributed by atoms with E-state index < -0.39 is 0 Å². The van der Waals surface area contributed by atoms with E-state index in [-0.39, 0.29) is 5.91 Å². The van der Waals surface area contributed by atoms with Gasteiger partial charge in [-0.25, -0.2) is 0 Å². The van der Waals surface area contributed by atoms with Crippen molar-refractivity contribution in [3.05, 3.63) is 34.9 Å². The van der Waals surface area contributed by atoms with Crippen molar-refractivity contribution >= 4 is 17.7 Å². The molecule has 4 heteroatoms. The summed E-state index contributed by atoms with van der Waals surface area (Å²) in [5, 5.41) is 7.08. The van der Waals surface area contributed by atoms with Gasteiger partial charge in [0.15, 0.2) is 0 Å². The number of benzene rings is 1. The highest BCUT2D eigenvalue weighted by Crippen LogP contribution is 2.25. The average Bonchev–Trinajstić information content (AvgIpc) is 2.97. The molecule has 0 aliphatic carbocycles. The van der Waals surface area contributed by atoms with Crippen LogP contribution in [0, 0.1) is 0 Å². The third-order valence-electron chi connectivity index (χ3n) is 3.90. The minimum atomic E-state index is 0.103. The molecule has 0 saturated carbocycles. The van der Waals surface area contributed by atoms with E-state index in [9.17, 15) is 4.79 Å². The Bertz CT molecular complexity index is 469. The largest absolute Gasteiger partial charge is 0.351 e. The molecule has 0 aromatic heterocycles. The molecule has 1 aromatic rings. The first kappa shape index (κ1) is 13.0. The van der Waals surface area contributed by atoms with Crippen molar-refractivity contribution in [3.63, 3.8) is 0 Å². The molecule has 1 unspecified atom stereocenters. The second kappa shape index (κ2) is 5.97.